The molecule has 6 nitrogen and oxygen atoms in total. The van der Waals surface area contributed by atoms with Crippen molar-refractivity contribution in [2.75, 3.05) is 7.11 Å². The minimum Gasteiger partial charge on any atom is -0.504 e. The summed E-state index contributed by atoms with van der Waals surface area (Å²) in [6.07, 6.45) is 0.218. The standard InChI is InChI=1S/C8H7NO5.K/c1-14-7-3-2-6(9(12)13)5(4-10)8(7)11;/h2-4,11H,1H3;. The van der Waals surface area contributed by atoms with E-state index in [1.165, 1.54) is 13.2 Å². The van der Waals surface area contributed by atoms with Crippen molar-refractivity contribution in [2.24, 2.45) is 0 Å². The first-order valence-electron chi connectivity index (χ1n) is 3.61. The second-order valence-electron chi connectivity index (χ2n) is 2.42. The average Bonchev–Trinajstić information content (AvgIpc) is 2.17. The molecule has 0 saturated heterocycles. The third-order valence-electron chi connectivity index (χ3n) is 1.69. The van der Waals surface area contributed by atoms with E-state index in [4.69, 9.17) is 4.74 Å². The molecule has 0 fully saturated rings. The van der Waals surface area contributed by atoms with Crippen LogP contribution in [0.15, 0.2) is 12.1 Å². The normalized spacial score (nSPS) is 8.87. The molecule has 15 heavy (non-hydrogen) atoms. The van der Waals surface area contributed by atoms with E-state index in [0.29, 0.717) is 0 Å². The second kappa shape index (κ2) is 6.18. The van der Waals surface area contributed by atoms with Gasteiger partial charge in [-0.15, -0.1) is 0 Å². The van der Waals surface area contributed by atoms with Crippen LogP contribution in [0.5, 0.6) is 11.5 Å². The van der Waals surface area contributed by atoms with Crippen LogP contribution in [0, 0.1) is 10.1 Å². The molecule has 0 aliphatic rings. The molecule has 0 aromatic heterocycles. The average molecular weight is 236 g/mol. The molecule has 0 unspecified atom stereocenters. The van der Waals surface area contributed by atoms with E-state index >= 15 is 0 Å². The predicted octanol–water partition coefficient (Wildman–Crippen LogP) is 0.741. The molecule has 0 aliphatic carbocycles. The van der Waals surface area contributed by atoms with Crippen molar-refractivity contribution in [1.82, 2.24) is 0 Å². The number of aldehydes is 1. The van der Waals surface area contributed by atoms with Crippen LogP contribution in [0.1, 0.15) is 10.4 Å². The van der Waals surface area contributed by atoms with Crippen molar-refractivity contribution in [3.05, 3.63) is 27.8 Å². The maximum Gasteiger partial charge on any atom is 0.283 e. The molecule has 7 heteroatoms. The maximum atomic E-state index is 10.5. The number of ether oxygens (including phenoxy) is 1. The first kappa shape index (κ1) is 14.5. The summed E-state index contributed by atoms with van der Waals surface area (Å²) in [6, 6.07) is 2.32. The molecule has 1 N–H and O–H groups in total. The third-order valence-corrected chi connectivity index (χ3v) is 1.69. The molecule has 1 aromatic carbocycles. The fourth-order valence-electron chi connectivity index (χ4n) is 1.02. The number of hydrogen-bond acceptors (Lipinski definition) is 5. The van der Waals surface area contributed by atoms with E-state index < -0.39 is 16.4 Å². The minimum absolute atomic E-state index is 0. The molecule has 1 aromatic rings. The number of hydrogen-bond donors (Lipinski definition) is 1. The molecule has 0 spiro atoms. The first-order chi connectivity index (χ1) is 6.61. The van der Waals surface area contributed by atoms with Crippen LogP contribution in [0.3, 0.4) is 0 Å². The SMILES string of the molecule is COc1ccc([N+](=O)[O-])c(C=O)c1O.[K]. The van der Waals surface area contributed by atoms with Crippen LogP contribution < -0.4 is 4.74 Å². The summed E-state index contributed by atoms with van der Waals surface area (Å²) < 4.78 is 4.69. The summed E-state index contributed by atoms with van der Waals surface area (Å²) >= 11 is 0. The Morgan fingerprint density at radius 2 is 2.13 bits per heavy atom. The summed E-state index contributed by atoms with van der Waals surface area (Å²) in [7, 11) is 1.29. The summed E-state index contributed by atoms with van der Waals surface area (Å²) in [5, 5.41) is 19.8. The Hall–Kier alpha value is -0.474. The van der Waals surface area contributed by atoms with Gasteiger partial charge >= 0.3 is 0 Å². The fraction of sp³-hybridized carbons (Fsp3) is 0.125. The molecule has 0 saturated carbocycles. The quantitative estimate of drug-likeness (QED) is 0.362. The molecule has 0 bridgehead atoms. The summed E-state index contributed by atoms with van der Waals surface area (Å²) in [6.45, 7) is 0. The van der Waals surface area contributed by atoms with Crippen LogP contribution in [0.25, 0.3) is 0 Å². The van der Waals surface area contributed by atoms with Crippen molar-refractivity contribution in [3.8, 4) is 11.5 Å². The Bertz CT molecular complexity index is 393. The van der Waals surface area contributed by atoms with Gasteiger partial charge in [0.15, 0.2) is 17.8 Å². The number of phenols is 1. The molecular weight excluding hydrogens is 229 g/mol. The van der Waals surface area contributed by atoms with Crippen LogP contribution in [-0.2, 0) is 0 Å². The Morgan fingerprint density at radius 3 is 2.53 bits per heavy atom. The van der Waals surface area contributed by atoms with Gasteiger partial charge in [0.05, 0.1) is 12.0 Å². The number of methoxy groups -OCH3 is 1. The van der Waals surface area contributed by atoms with Gasteiger partial charge in [-0.1, -0.05) is 0 Å². The van der Waals surface area contributed by atoms with Gasteiger partial charge in [0.1, 0.15) is 5.56 Å². The van der Waals surface area contributed by atoms with E-state index in [2.05, 4.69) is 0 Å². The maximum absolute atomic E-state index is 10.5. The third kappa shape index (κ3) is 2.99. The summed E-state index contributed by atoms with van der Waals surface area (Å²) in [5.74, 6) is -0.491. The smallest absolute Gasteiger partial charge is 0.283 e. The molecule has 75 valence electrons. The Morgan fingerprint density at radius 1 is 1.53 bits per heavy atom. The molecule has 1 rings (SSSR count). The van der Waals surface area contributed by atoms with Crippen LogP contribution in [0.2, 0.25) is 0 Å². The molecule has 0 heterocycles. The van der Waals surface area contributed by atoms with E-state index in [-0.39, 0.29) is 69.0 Å². The van der Waals surface area contributed by atoms with Gasteiger partial charge in [-0.25, -0.2) is 0 Å². The zero-order chi connectivity index (χ0) is 10.7. The number of nitrogens with zero attached hydrogens (tertiary/aromatic N) is 1. The van der Waals surface area contributed by atoms with Crippen molar-refractivity contribution >= 4 is 63.4 Å². The van der Waals surface area contributed by atoms with Crippen molar-refractivity contribution in [1.29, 1.82) is 0 Å². The number of carbonyl (C=O) groups excluding carboxylic acids is 1. The number of nitro groups is 1. The zero-order valence-electron chi connectivity index (χ0n) is 8.26. The van der Waals surface area contributed by atoms with Crippen LogP contribution in [-0.4, -0.2) is 74.8 Å². The zero-order valence-corrected chi connectivity index (χ0v) is 11.4. The van der Waals surface area contributed by atoms with Gasteiger partial charge in [0.25, 0.3) is 5.69 Å². The number of aromatic hydroxyl groups is 1. The number of nitro benzene ring substituents is 1. The van der Waals surface area contributed by atoms with E-state index in [1.54, 1.807) is 0 Å². The Kier molecular flexibility index (Phi) is 5.99. The number of benzene rings is 1. The molecule has 0 atom stereocenters. The molecule has 1 radical (unpaired) electrons. The summed E-state index contributed by atoms with van der Waals surface area (Å²) in [4.78, 5) is 20.2. The van der Waals surface area contributed by atoms with Crippen LogP contribution in [0.4, 0.5) is 5.69 Å². The Labute approximate surface area is 128 Å². The van der Waals surface area contributed by atoms with E-state index in [9.17, 15) is 20.0 Å². The van der Waals surface area contributed by atoms with Crippen molar-refractivity contribution < 1.29 is 19.6 Å². The van der Waals surface area contributed by atoms with Gasteiger partial charge in [-0.05, 0) is 6.07 Å². The van der Waals surface area contributed by atoms with E-state index in [1.807, 2.05) is 0 Å². The second-order valence-corrected chi connectivity index (χ2v) is 2.42. The first-order valence-corrected chi connectivity index (χ1v) is 3.61. The number of carbonyl (C=O) groups is 1. The summed E-state index contributed by atoms with van der Waals surface area (Å²) in [5.41, 5.74) is -0.826. The van der Waals surface area contributed by atoms with Crippen molar-refractivity contribution in [3.63, 3.8) is 0 Å². The number of phenolic OH excluding ortho intramolecular Hbond substituents is 1. The molecular formula is C8H7KNO5. The van der Waals surface area contributed by atoms with Gasteiger partial charge in [-0.3, -0.25) is 14.9 Å². The predicted molar refractivity (Wildman–Crippen MR) is 52.5 cm³/mol. The van der Waals surface area contributed by atoms with Crippen LogP contribution >= 0.6 is 0 Å². The Balaban J connectivity index is 0.00000196. The van der Waals surface area contributed by atoms with Gasteiger partial charge < -0.3 is 9.84 Å². The molecule has 0 aliphatic heterocycles. The minimum atomic E-state index is -0.747. The largest absolute Gasteiger partial charge is 0.504 e. The number of rotatable bonds is 3. The van der Waals surface area contributed by atoms with Gasteiger partial charge in [0.2, 0.25) is 0 Å². The van der Waals surface area contributed by atoms with E-state index in [0.717, 1.165) is 6.07 Å². The fourth-order valence-corrected chi connectivity index (χ4v) is 1.02. The topological polar surface area (TPSA) is 89.7 Å². The van der Waals surface area contributed by atoms with Gasteiger partial charge in [-0.2, -0.15) is 0 Å². The van der Waals surface area contributed by atoms with Crippen molar-refractivity contribution in [2.45, 2.75) is 0 Å². The molecule has 0 amide bonds. The monoisotopic (exact) mass is 236 g/mol. The van der Waals surface area contributed by atoms with Gasteiger partial charge in [0, 0.05) is 57.5 Å².